The molecular weight excluding hydrogens is 300 g/mol. The predicted octanol–water partition coefficient (Wildman–Crippen LogP) is 3.99. The van der Waals surface area contributed by atoms with Crippen LogP contribution in [0.25, 0.3) is 16.7 Å². The summed E-state index contributed by atoms with van der Waals surface area (Å²) in [6, 6.07) is 6.38. The summed E-state index contributed by atoms with van der Waals surface area (Å²) in [5.74, 6) is 0.655. The van der Waals surface area contributed by atoms with Crippen molar-refractivity contribution >= 4 is 34.2 Å². The quantitative estimate of drug-likeness (QED) is 0.685. The third kappa shape index (κ3) is 2.15. The summed E-state index contributed by atoms with van der Waals surface area (Å²) in [5.41, 5.74) is 1.74. The number of hydrogen-bond donors (Lipinski definition) is 0. The molecule has 3 rings (SSSR count). The van der Waals surface area contributed by atoms with E-state index >= 15 is 0 Å². The lowest BCUT2D eigenvalue weighted by Gasteiger charge is -2.11. The van der Waals surface area contributed by atoms with Gasteiger partial charge in [0.2, 0.25) is 0 Å². The van der Waals surface area contributed by atoms with E-state index in [2.05, 4.69) is 9.97 Å². The molecule has 102 valence electrons. The van der Waals surface area contributed by atoms with Crippen LogP contribution in [0.4, 0.5) is 4.39 Å². The minimum absolute atomic E-state index is 0.294. The first-order chi connectivity index (χ1) is 9.72. The van der Waals surface area contributed by atoms with Crippen LogP contribution in [0.15, 0.2) is 36.7 Å². The van der Waals surface area contributed by atoms with Gasteiger partial charge in [-0.15, -0.1) is 11.6 Å². The van der Waals surface area contributed by atoms with Gasteiger partial charge < -0.3 is 0 Å². The van der Waals surface area contributed by atoms with Crippen molar-refractivity contribution in [2.75, 3.05) is 5.88 Å². The molecule has 0 N–H and O–H groups in total. The zero-order valence-corrected chi connectivity index (χ0v) is 11.9. The fraction of sp³-hybridized carbons (Fsp3) is 0.143. The highest BCUT2D eigenvalue weighted by Gasteiger charge is 2.17. The molecule has 20 heavy (non-hydrogen) atoms. The van der Waals surface area contributed by atoms with Gasteiger partial charge in [-0.25, -0.2) is 9.37 Å². The Balaban J connectivity index is 2.36. The van der Waals surface area contributed by atoms with Gasteiger partial charge in [0, 0.05) is 18.5 Å². The van der Waals surface area contributed by atoms with Crippen LogP contribution in [0.1, 0.15) is 5.82 Å². The van der Waals surface area contributed by atoms with E-state index < -0.39 is 5.82 Å². The maximum atomic E-state index is 14.2. The molecule has 0 aliphatic heterocycles. The molecule has 0 unspecified atom stereocenters. The number of fused-ring (bicyclic) bond motifs is 1. The molecule has 0 aliphatic carbocycles. The zero-order chi connectivity index (χ0) is 14.1. The molecule has 0 amide bonds. The Bertz CT molecular complexity index is 750. The molecule has 0 bridgehead atoms. The largest absolute Gasteiger partial charge is 0.292 e. The number of benzene rings is 1. The van der Waals surface area contributed by atoms with Crippen LogP contribution in [0.2, 0.25) is 5.02 Å². The summed E-state index contributed by atoms with van der Waals surface area (Å²) in [7, 11) is 0. The summed E-state index contributed by atoms with van der Waals surface area (Å²) in [4.78, 5) is 8.48. The van der Waals surface area contributed by atoms with Crippen LogP contribution in [-0.4, -0.2) is 20.4 Å². The van der Waals surface area contributed by atoms with Crippen LogP contribution in [0, 0.1) is 5.82 Å². The molecule has 0 fully saturated rings. The number of rotatable bonds is 3. The topological polar surface area (TPSA) is 30.7 Å². The molecule has 0 atom stereocenters. The summed E-state index contributed by atoms with van der Waals surface area (Å²) >= 11 is 12.0. The second-order valence-electron chi connectivity index (χ2n) is 4.24. The number of aromatic nitrogens is 3. The molecule has 0 saturated heterocycles. The van der Waals surface area contributed by atoms with Crippen molar-refractivity contribution < 1.29 is 4.39 Å². The first-order valence-electron chi connectivity index (χ1n) is 6.04. The van der Waals surface area contributed by atoms with Gasteiger partial charge >= 0.3 is 0 Å². The Morgan fingerprint density at radius 2 is 2.10 bits per heavy atom. The van der Waals surface area contributed by atoms with E-state index in [0.717, 1.165) is 5.52 Å². The maximum absolute atomic E-state index is 14.2. The van der Waals surface area contributed by atoms with E-state index in [0.29, 0.717) is 34.4 Å². The summed E-state index contributed by atoms with van der Waals surface area (Å²) in [6.45, 7) is 0. The number of para-hydroxylation sites is 1. The first-order valence-corrected chi connectivity index (χ1v) is 6.95. The SMILES string of the molecule is Fc1cccc(Cl)c1-n1c(CCCl)nc2cnccc21. The number of hydrogen-bond acceptors (Lipinski definition) is 2. The second-order valence-corrected chi connectivity index (χ2v) is 5.02. The van der Waals surface area contributed by atoms with E-state index in [1.54, 1.807) is 35.2 Å². The number of halogens is 3. The van der Waals surface area contributed by atoms with Crippen molar-refractivity contribution in [3.8, 4) is 5.69 Å². The van der Waals surface area contributed by atoms with Gasteiger partial charge in [0.1, 0.15) is 22.8 Å². The average molecular weight is 310 g/mol. The summed E-state index contributed by atoms with van der Waals surface area (Å²) in [5, 5.41) is 0.330. The highest BCUT2D eigenvalue weighted by molar-refractivity contribution is 6.32. The molecule has 0 radical (unpaired) electrons. The number of aryl methyl sites for hydroxylation is 1. The summed E-state index contributed by atoms with van der Waals surface area (Å²) in [6.07, 6.45) is 3.79. The summed E-state index contributed by atoms with van der Waals surface area (Å²) < 4.78 is 15.9. The fourth-order valence-electron chi connectivity index (χ4n) is 2.19. The Morgan fingerprint density at radius 1 is 1.25 bits per heavy atom. The maximum Gasteiger partial charge on any atom is 0.148 e. The Hall–Kier alpha value is -1.65. The minimum atomic E-state index is -0.399. The molecule has 6 heteroatoms. The highest BCUT2D eigenvalue weighted by Crippen LogP contribution is 2.29. The third-order valence-electron chi connectivity index (χ3n) is 3.01. The number of imidazole rings is 1. The van der Waals surface area contributed by atoms with Crippen LogP contribution in [0.3, 0.4) is 0 Å². The van der Waals surface area contributed by atoms with Gasteiger partial charge in [0.05, 0.1) is 16.7 Å². The van der Waals surface area contributed by atoms with Gasteiger partial charge in [-0.2, -0.15) is 0 Å². The van der Waals surface area contributed by atoms with E-state index in [4.69, 9.17) is 23.2 Å². The van der Waals surface area contributed by atoms with Crippen molar-refractivity contribution in [3.05, 3.63) is 53.3 Å². The molecule has 0 saturated carbocycles. The van der Waals surface area contributed by atoms with Crippen molar-refractivity contribution in [1.82, 2.24) is 14.5 Å². The van der Waals surface area contributed by atoms with Crippen LogP contribution >= 0.6 is 23.2 Å². The lowest BCUT2D eigenvalue weighted by Crippen LogP contribution is -2.05. The lowest BCUT2D eigenvalue weighted by atomic mass is 10.2. The fourth-order valence-corrected chi connectivity index (χ4v) is 2.60. The molecule has 0 aliphatic rings. The normalized spacial score (nSPS) is 11.2. The third-order valence-corrected chi connectivity index (χ3v) is 3.50. The average Bonchev–Trinajstić information content (AvgIpc) is 2.78. The Kier molecular flexibility index (Phi) is 3.59. The smallest absolute Gasteiger partial charge is 0.148 e. The van der Waals surface area contributed by atoms with Gasteiger partial charge in [-0.1, -0.05) is 17.7 Å². The second kappa shape index (κ2) is 5.38. The Morgan fingerprint density at radius 3 is 2.85 bits per heavy atom. The minimum Gasteiger partial charge on any atom is -0.292 e. The molecular formula is C14H10Cl2FN3. The lowest BCUT2D eigenvalue weighted by molar-refractivity contribution is 0.617. The molecule has 0 spiro atoms. The van der Waals surface area contributed by atoms with E-state index in [1.807, 2.05) is 0 Å². The van der Waals surface area contributed by atoms with E-state index in [9.17, 15) is 4.39 Å². The molecule has 2 aromatic heterocycles. The predicted molar refractivity (Wildman–Crippen MR) is 78.3 cm³/mol. The Labute approximate surface area is 125 Å². The molecule has 3 aromatic rings. The highest BCUT2D eigenvalue weighted by atomic mass is 35.5. The van der Waals surface area contributed by atoms with Gasteiger partial charge in [0.15, 0.2) is 0 Å². The monoisotopic (exact) mass is 309 g/mol. The molecule has 3 nitrogen and oxygen atoms in total. The van der Waals surface area contributed by atoms with Crippen molar-refractivity contribution in [2.24, 2.45) is 0 Å². The van der Waals surface area contributed by atoms with Crippen molar-refractivity contribution in [3.63, 3.8) is 0 Å². The van der Waals surface area contributed by atoms with Gasteiger partial charge in [0.25, 0.3) is 0 Å². The van der Waals surface area contributed by atoms with E-state index in [-0.39, 0.29) is 0 Å². The molecule has 1 aromatic carbocycles. The molecule has 2 heterocycles. The van der Waals surface area contributed by atoms with Gasteiger partial charge in [-0.3, -0.25) is 9.55 Å². The van der Waals surface area contributed by atoms with Gasteiger partial charge in [-0.05, 0) is 18.2 Å². The van der Waals surface area contributed by atoms with Crippen molar-refractivity contribution in [1.29, 1.82) is 0 Å². The first kappa shape index (κ1) is 13.3. The number of nitrogens with zero attached hydrogens (tertiary/aromatic N) is 3. The van der Waals surface area contributed by atoms with Crippen LogP contribution < -0.4 is 0 Å². The van der Waals surface area contributed by atoms with Crippen molar-refractivity contribution in [2.45, 2.75) is 6.42 Å². The number of pyridine rings is 1. The number of alkyl halides is 1. The van der Waals surface area contributed by atoms with Crippen LogP contribution in [0.5, 0.6) is 0 Å². The standard InChI is InChI=1S/C14H10Cl2FN3/c15-6-4-13-19-11-8-18-7-5-12(11)20(13)14-9(16)2-1-3-10(14)17/h1-3,5,7-8H,4,6H2. The van der Waals surface area contributed by atoms with E-state index in [1.165, 1.54) is 6.07 Å². The van der Waals surface area contributed by atoms with Crippen LogP contribution in [-0.2, 0) is 6.42 Å². The zero-order valence-electron chi connectivity index (χ0n) is 10.4.